The molecule has 2 heteroatoms. The minimum Gasteiger partial charge on any atom is -0.0608 e. The monoisotopic (exact) mass is 244 g/mol. The molecule has 0 aromatic heterocycles. The molecule has 80 valence electrons. The van der Waals surface area contributed by atoms with Crippen molar-refractivity contribution in [1.29, 1.82) is 0 Å². The third kappa shape index (κ3) is 1.48. The van der Waals surface area contributed by atoms with Crippen molar-refractivity contribution in [1.82, 2.24) is 0 Å². The minimum absolute atomic E-state index is 1.38. The lowest BCUT2D eigenvalue weighted by Crippen LogP contribution is -1.95. The highest BCUT2D eigenvalue weighted by Gasteiger charge is 2.20. The lowest BCUT2D eigenvalue weighted by Gasteiger charge is -2.21. The van der Waals surface area contributed by atoms with Gasteiger partial charge in [0.25, 0.3) is 0 Å². The van der Waals surface area contributed by atoms with Gasteiger partial charge >= 0.3 is 0 Å². The standard InChI is InChI=1S/C14H12S2/c1-9-5-3-7-11-13(9)14-10(2)6-4-8-12(14)16-15-11/h3-8H,1-2H3. The smallest absolute Gasteiger partial charge is 0.0267 e. The maximum atomic E-state index is 2.22. The molecule has 0 saturated heterocycles. The highest BCUT2D eigenvalue weighted by atomic mass is 33.1. The number of fused-ring (bicyclic) bond motifs is 3. The first kappa shape index (κ1) is 10.3. The van der Waals surface area contributed by atoms with Crippen LogP contribution in [-0.4, -0.2) is 0 Å². The summed E-state index contributed by atoms with van der Waals surface area (Å²) in [6.45, 7) is 4.40. The highest BCUT2D eigenvalue weighted by Crippen LogP contribution is 2.52. The summed E-state index contributed by atoms with van der Waals surface area (Å²) in [6, 6.07) is 13.1. The molecule has 0 bridgehead atoms. The first-order valence-electron chi connectivity index (χ1n) is 5.31. The Labute approximate surface area is 104 Å². The van der Waals surface area contributed by atoms with Gasteiger partial charge in [-0.25, -0.2) is 0 Å². The van der Waals surface area contributed by atoms with E-state index in [0.717, 1.165) is 0 Å². The maximum Gasteiger partial charge on any atom is 0.0267 e. The topological polar surface area (TPSA) is 0 Å². The van der Waals surface area contributed by atoms with Crippen LogP contribution in [0, 0.1) is 13.8 Å². The van der Waals surface area contributed by atoms with E-state index in [1.54, 1.807) is 0 Å². The molecule has 2 aromatic rings. The summed E-state index contributed by atoms with van der Waals surface area (Å²) in [6.07, 6.45) is 0. The van der Waals surface area contributed by atoms with Gasteiger partial charge < -0.3 is 0 Å². The van der Waals surface area contributed by atoms with E-state index in [-0.39, 0.29) is 0 Å². The molecular formula is C14H12S2. The SMILES string of the molecule is Cc1cccc2c1-c1c(C)cccc1SS2. The first-order chi connectivity index (χ1) is 7.77. The van der Waals surface area contributed by atoms with E-state index in [1.165, 1.54) is 32.0 Å². The van der Waals surface area contributed by atoms with Crippen molar-refractivity contribution in [3.63, 3.8) is 0 Å². The third-order valence-corrected chi connectivity index (χ3v) is 5.39. The van der Waals surface area contributed by atoms with Crippen molar-refractivity contribution in [2.75, 3.05) is 0 Å². The Kier molecular flexibility index (Phi) is 2.49. The van der Waals surface area contributed by atoms with Crippen LogP contribution < -0.4 is 0 Å². The summed E-state index contributed by atoms with van der Waals surface area (Å²) >= 11 is 0. The van der Waals surface area contributed by atoms with Gasteiger partial charge in [-0.15, -0.1) is 0 Å². The molecule has 0 saturated carbocycles. The predicted octanol–water partition coefficient (Wildman–Crippen LogP) is 5.08. The Morgan fingerprint density at radius 3 is 1.56 bits per heavy atom. The maximum absolute atomic E-state index is 2.22. The lowest BCUT2D eigenvalue weighted by molar-refractivity contribution is 1.28. The molecule has 0 aliphatic carbocycles. The van der Waals surface area contributed by atoms with Crippen LogP contribution in [0.1, 0.15) is 11.1 Å². The second-order valence-corrected chi connectivity index (χ2v) is 6.28. The van der Waals surface area contributed by atoms with Crippen LogP contribution in [0.25, 0.3) is 11.1 Å². The number of rotatable bonds is 0. The van der Waals surface area contributed by atoms with Gasteiger partial charge in [0, 0.05) is 20.9 Å². The van der Waals surface area contributed by atoms with E-state index < -0.39 is 0 Å². The van der Waals surface area contributed by atoms with E-state index in [2.05, 4.69) is 50.2 Å². The van der Waals surface area contributed by atoms with E-state index in [9.17, 15) is 0 Å². The molecule has 16 heavy (non-hydrogen) atoms. The van der Waals surface area contributed by atoms with Gasteiger partial charge in [0.05, 0.1) is 0 Å². The fourth-order valence-corrected chi connectivity index (χ4v) is 4.66. The molecule has 0 amide bonds. The van der Waals surface area contributed by atoms with Gasteiger partial charge in [-0.1, -0.05) is 45.9 Å². The fourth-order valence-electron chi connectivity index (χ4n) is 2.15. The van der Waals surface area contributed by atoms with Crippen molar-refractivity contribution < 1.29 is 0 Å². The number of aryl methyl sites for hydroxylation is 2. The molecule has 0 nitrogen and oxygen atoms in total. The third-order valence-electron chi connectivity index (χ3n) is 2.94. The normalized spacial score (nSPS) is 13.1. The first-order valence-corrected chi connectivity index (χ1v) is 7.46. The second-order valence-electron chi connectivity index (χ2n) is 4.06. The summed E-state index contributed by atoms with van der Waals surface area (Å²) < 4.78 is 0. The van der Waals surface area contributed by atoms with Gasteiger partial charge in [-0.2, -0.15) is 0 Å². The van der Waals surface area contributed by atoms with Crippen LogP contribution in [-0.2, 0) is 0 Å². The van der Waals surface area contributed by atoms with Crippen molar-refractivity contribution in [3.05, 3.63) is 47.5 Å². The molecule has 1 heterocycles. The predicted molar refractivity (Wildman–Crippen MR) is 73.1 cm³/mol. The van der Waals surface area contributed by atoms with Gasteiger partial charge in [0.1, 0.15) is 0 Å². The van der Waals surface area contributed by atoms with Gasteiger partial charge in [0.15, 0.2) is 0 Å². The van der Waals surface area contributed by atoms with Gasteiger partial charge in [-0.05, 0) is 37.1 Å². The summed E-state index contributed by atoms with van der Waals surface area (Å²) in [5.74, 6) is 0. The van der Waals surface area contributed by atoms with Gasteiger partial charge in [-0.3, -0.25) is 0 Å². The quantitative estimate of drug-likeness (QED) is 0.592. The summed E-state index contributed by atoms with van der Waals surface area (Å²) in [5, 5.41) is 0. The summed E-state index contributed by atoms with van der Waals surface area (Å²) in [7, 11) is 3.74. The van der Waals surface area contributed by atoms with Crippen LogP contribution in [0.3, 0.4) is 0 Å². The molecule has 0 radical (unpaired) electrons. The van der Waals surface area contributed by atoms with E-state index in [0.29, 0.717) is 0 Å². The van der Waals surface area contributed by atoms with Crippen LogP contribution >= 0.6 is 21.6 Å². The zero-order chi connectivity index (χ0) is 11.1. The summed E-state index contributed by atoms with van der Waals surface area (Å²) in [5.41, 5.74) is 5.61. The van der Waals surface area contributed by atoms with E-state index >= 15 is 0 Å². The molecular weight excluding hydrogens is 232 g/mol. The number of hydrogen-bond donors (Lipinski definition) is 0. The molecule has 0 atom stereocenters. The average Bonchev–Trinajstić information content (AvgIpc) is 2.29. The largest absolute Gasteiger partial charge is 0.0608 e. The molecule has 0 spiro atoms. The van der Waals surface area contributed by atoms with Gasteiger partial charge in [0.2, 0.25) is 0 Å². The molecule has 0 fully saturated rings. The van der Waals surface area contributed by atoms with Crippen molar-refractivity contribution in [2.45, 2.75) is 23.6 Å². The van der Waals surface area contributed by atoms with E-state index in [1.807, 2.05) is 21.6 Å². The Morgan fingerprint density at radius 1 is 0.688 bits per heavy atom. The zero-order valence-corrected chi connectivity index (χ0v) is 10.9. The number of benzene rings is 2. The molecule has 2 aromatic carbocycles. The lowest BCUT2D eigenvalue weighted by atomic mass is 9.96. The molecule has 1 aliphatic rings. The highest BCUT2D eigenvalue weighted by molar-refractivity contribution is 8.76. The Morgan fingerprint density at radius 2 is 1.12 bits per heavy atom. The summed E-state index contributed by atoms with van der Waals surface area (Å²) in [4.78, 5) is 2.79. The van der Waals surface area contributed by atoms with Crippen molar-refractivity contribution in [2.24, 2.45) is 0 Å². The van der Waals surface area contributed by atoms with Crippen LogP contribution in [0.15, 0.2) is 46.2 Å². The Bertz CT molecular complexity index is 507. The Hall–Kier alpha value is -0.860. The molecule has 0 N–H and O–H groups in total. The molecule has 3 rings (SSSR count). The van der Waals surface area contributed by atoms with Crippen molar-refractivity contribution >= 4 is 21.6 Å². The zero-order valence-electron chi connectivity index (χ0n) is 9.28. The second kappa shape index (κ2) is 3.86. The molecule has 0 unspecified atom stereocenters. The minimum atomic E-state index is 1.38. The average molecular weight is 244 g/mol. The van der Waals surface area contributed by atoms with Crippen LogP contribution in [0.2, 0.25) is 0 Å². The Balaban J connectivity index is 2.37. The number of hydrogen-bond acceptors (Lipinski definition) is 2. The van der Waals surface area contributed by atoms with Crippen LogP contribution in [0.5, 0.6) is 0 Å². The van der Waals surface area contributed by atoms with Crippen molar-refractivity contribution in [3.8, 4) is 11.1 Å². The van der Waals surface area contributed by atoms with Crippen LogP contribution in [0.4, 0.5) is 0 Å². The molecule has 1 aliphatic heterocycles. The fraction of sp³-hybridized carbons (Fsp3) is 0.143. The van der Waals surface area contributed by atoms with E-state index in [4.69, 9.17) is 0 Å².